The van der Waals surface area contributed by atoms with Gasteiger partial charge in [0.25, 0.3) is 5.91 Å². The zero-order valence-corrected chi connectivity index (χ0v) is 14.7. The third kappa shape index (κ3) is 3.25. The van der Waals surface area contributed by atoms with Gasteiger partial charge in [-0.3, -0.25) is 14.5 Å². The number of carbonyl (C=O) groups excluding carboxylic acids is 3. The molecule has 7 nitrogen and oxygen atoms in total. The van der Waals surface area contributed by atoms with Crippen LogP contribution in [0.5, 0.6) is 0 Å². The van der Waals surface area contributed by atoms with Crippen molar-refractivity contribution in [2.45, 2.75) is 18.9 Å². The fourth-order valence-corrected chi connectivity index (χ4v) is 3.15. The van der Waals surface area contributed by atoms with Gasteiger partial charge in [-0.05, 0) is 24.1 Å². The molecule has 0 aromatic heterocycles. The maximum absolute atomic E-state index is 13.0. The van der Waals surface area contributed by atoms with Crippen LogP contribution in [0.25, 0.3) is 0 Å². The number of hydrogen-bond donors (Lipinski definition) is 2. The minimum atomic E-state index is -1.18. The van der Waals surface area contributed by atoms with Gasteiger partial charge in [-0.2, -0.15) is 5.26 Å². The highest BCUT2D eigenvalue weighted by Crippen LogP contribution is 2.32. The summed E-state index contributed by atoms with van der Waals surface area (Å²) in [6.45, 7) is 1.37. The van der Waals surface area contributed by atoms with Crippen molar-refractivity contribution in [3.05, 3.63) is 65.7 Å². The van der Waals surface area contributed by atoms with Crippen molar-refractivity contribution in [2.75, 3.05) is 11.9 Å². The van der Waals surface area contributed by atoms with Crippen molar-refractivity contribution in [3.8, 4) is 6.07 Å². The lowest BCUT2D eigenvalue weighted by Crippen LogP contribution is -2.44. The third-order valence-corrected chi connectivity index (χ3v) is 4.60. The summed E-state index contributed by atoms with van der Waals surface area (Å²) in [4.78, 5) is 38.7. The van der Waals surface area contributed by atoms with Gasteiger partial charge in [-0.25, -0.2) is 4.79 Å². The lowest BCUT2D eigenvalue weighted by molar-refractivity contribution is -0.134. The van der Waals surface area contributed by atoms with Gasteiger partial charge >= 0.3 is 6.03 Å². The van der Waals surface area contributed by atoms with Crippen molar-refractivity contribution < 1.29 is 14.4 Å². The van der Waals surface area contributed by atoms with Crippen LogP contribution in [0, 0.1) is 11.3 Å². The molecule has 1 aliphatic rings. The van der Waals surface area contributed by atoms with Gasteiger partial charge in [0.1, 0.15) is 18.2 Å². The minimum absolute atomic E-state index is 0.301. The van der Waals surface area contributed by atoms with E-state index in [1.807, 2.05) is 12.1 Å². The number of benzene rings is 2. The zero-order chi connectivity index (χ0) is 19.4. The van der Waals surface area contributed by atoms with Crippen LogP contribution in [-0.4, -0.2) is 29.3 Å². The van der Waals surface area contributed by atoms with Crippen LogP contribution in [0.1, 0.15) is 24.5 Å². The summed E-state index contributed by atoms with van der Waals surface area (Å²) in [6, 6.07) is 16.8. The fourth-order valence-electron chi connectivity index (χ4n) is 3.15. The number of rotatable bonds is 5. The number of hydrogen-bond acceptors (Lipinski definition) is 4. The molecule has 2 aromatic rings. The topological polar surface area (TPSA) is 102 Å². The molecule has 7 heteroatoms. The Morgan fingerprint density at radius 3 is 2.48 bits per heavy atom. The second-order valence-electron chi connectivity index (χ2n) is 6.15. The Kier molecular flexibility index (Phi) is 4.90. The molecule has 1 aliphatic heterocycles. The average Bonchev–Trinajstić information content (AvgIpc) is 2.94. The van der Waals surface area contributed by atoms with E-state index in [4.69, 9.17) is 5.26 Å². The van der Waals surface area contributed by atoms with Crippen LogP contribution in [0.3, 0.4) is 0 Å². The van der Waals surface area contributed by atoms with Crippen LogP contribution >= 0.6 is 0 Å². The molecule has 0 unspecified atom stereocenters. The summed E-state index contributed by atoms with van der Waals surface area (Å²) in [7, 11) is 0. The number of nitrogens with zero attached hydrogens (tertiary/aromatic N) is 2. The SMILES string of the molecule is CC[C@]1(c2ccccc2)NC(=O)N(CC(=O)Nc2ccccc2C#N)C1=O. The van der Waals surface area contributed by atoms with E-state index in [1.54, 1.807) is 55.5 Å². The molecule has 2 N–H and O–H groups in total. The Hall–Kier alpha value is -3.66. The van der Waals surface area contributed by atoms with Crippen LogP contribution < -0.4 is 10.6 Å². The van der Waals surface area contributed by atoms with Gasteiger partial charge in [0.2, 0.25) is 5.91 Å². The van der Waals surface area contributed by atoms with Gasteiger partial charge in [0.05, 0.1) is 11.3 Å². The Morgan fingerprint density at radius 2 is 1.81 bits per heavy atom. The molecule has 0 saturated carbocycles. The largest absolute Gasteiger partial charge is 0.325 e. The molecule has 0 spiro atoms. The maximum Gasteiger partial charge on any atom is 0.325 e. The van der Waals surface area contributed by atoms with Crippen molar-refractivity contribution >= 4 is 23.5 Å². The lowest BCUT2D eigenvalue weighted by atomic mass is 9.87. The van der Waals surface area contributed by atoms with Crippen LogP contribution in [0.2, 0.25) is 0 Å². The van der Waals surface area contributed by atoms with Crippen molar-refractivity contribution in [1.29, 1.82) is 5.26 Å². The second kappa shape index (κ2) is 7.30. The molecule has 136 valence electrons. The molecule has 27 heavy (non-hydrogen) atoms. The number of anilines is 1. The number of nitriles is 1. The highest BCUT2D eigenvalue weighted by molar-refractivity contribution is 6.10. The fraction of sp³-hybridized carbons (Fsp3) is 0.200. The van der Waals surface area contributed by atoms with E-state index < -0.39 is 29.9 Å². The molecule has 2 aromatic carbocycles. The Balaban J connectivity index is 1.80. The van der Waals surface area contributed by atoms with Gasteiger partial charge in [0, 0.05) is 0 Å². The predicted octanol–water partition coefficient (Wildman–Crippen LogP) is 2.35. The van der Waals surface area contributed by atoms with Crippen molar-refractivity contribution in [2.24, 2.45) is 0 Å². The summed E-state index contributed by atoms with van der Waals surface area (Å²) in [5.74, 6) is -1.02. The number of imide groups is 1. The summed E-state index contributed by atoms with van der Waals surface area (Å²) >= 11 is 0. The van der Waals surface area contributed by atoms with E-state index in [0.29, 0.717) is 23.2 Å². The summed E-state index contributed by atoms with van der Waals surface area (Å²) < 4.78 is 0. The number of nitrogens with one attached hydrogen (secondary N) is 2. The minimum Gasteiger partial charge on any atom is -0.323 e. The first-order chi connectivity index (χ1) is 13.0. The van der Waals surface area contributed by atoms with Gasteiger partial charge < -0.3 is 10.6 Å². The van der Waals surface area contributed by atoms with E-state index in [9.17, 15) is 14.4 Å². The first kappa shape index (κ1) is 18.1. The first-order valence-corrected chi connectivity index (χ1v) is 8.50. The lowest BCUT2D eigenvalue weighted by Gasteiger charge is -2.25. The van der Waals surface area contributed by atoms with E-state index in [1.165, 1.54) is 0 Å². The summed E-state index contributed by atoms with van der Waals surface area (Å²) in [5.41, 5.74) is 0.129. The predicted molar refractivity (Wildman–Crippen MR) is 98.4 cm³/mol. The van der Waals surface area contributed by atoms with Crippen LogP contribution in [-0.2, 0) is 15.1 Å². The van der Waals surface area contributed by atoms with Crippen molar-refractivity contribution in [1.82, 2.24) is 10.2 Å². The highest BCUT2D eigenvalue weighted by Gasteiger charge is 2.51. The number of para-hydroxylation sites is 1. The van der Waals surface area contributed by atoms with Crippen LogP contribution in [0.15, 0.2) is 54.6 Å². The van der Waals surface area contributed by atoms with Crippen LogP contribution in [0.4, 0.5) is 10.5 Å². The maximum atomic E-state index is 13.0. The van der Waals surface area contributed by atoms with E-state index in [2.05, 4.69) is 10.6 Å². The third-order valence-electron chi connectivity index (χ3n) is 4.60. The number of urea groups is 1. The smallest absolute Gasteiger partial charge is 0.323 e. The van der Waals surface area contributed by atoms with Gasteiger partial charge in [-0.1, -0.05) is 49.4 Å². The van der Waals surface area contributed by atoms with Gasteiger partial charge in [-0.15, -0.1) is 0 Å². The number of amides is 4. The first-order valence-electron chi connectivity index (χ1n) is 8.50. The van der Waals surface area contributed by atoms with E-state index >= 15 is 0 Å². The van der Waals surface area contributed by atoms with Crippen molar-refractivity contribution in [3.63, 3.8) is 0 Å². The molecule has 1 heterocycles. The summed E-state index contributed by atoms with van der Waals surface area (Å²) in [5, 5.41) is 14.4. The zero-order valence-electron chi connectivity index (χ0n) is 14.7. The second-order valence-corrected chi connectivity index (χ2v) is 6.15. The standard InChI is InChI=1S/C20H18N4O3/c1-2-20(15-9-4-3-5-10-15)18(26)24(19(27)23-20)13-17(25)22-16-11-7-6-8-14(16)12-21/h3-11H,2,13H2,1H3,(H,22,25)(H,23,27)/t20-/m1/s1. The molecule has 0 bridgehead atoms. The molecule has 0 aliphatic carbocycles. The number of carbonyl (C=O) groups is 3. The molecule has 1 fully saturated rings. The van der Waals surface area contributed by atoms with E-state index in [0.717, 1.165) is 4.90 Å². The molecular weight excluding hydrogens is 344 g/mol. The molecule has 4 amide bonds. The van der Waals surface area contributed by atoms with E-state index in [-0.39, 0.29) is 0 Å². The molecule has 1 saturated heterocycles. The molecule has 0 radical (unpaired) electrons. The molecule has 3 rings (SSSR count). The Bertz CT molecular complexity index is 936. The monoisotopic (exact) mass is 362 g/mol. The highest BCUT2D eigenvalue weighted by atomic mass is 16.2. The molecule has 1 atom stereocenters. The summed E-state index contributed by atoms with van der Waals surface area (Å²) in [6.07, 6.45) is 0.358. The Morgan fingerprint density at radius 1 is 1.15 bits per heavy atom. The normalized spacial score (nSPS) is 18.7. The Labute approximate surface area is 156 Å². The average molecular weight is 362 g/mol. The molecular formula is C20H18N4O3. The quantitative estimate of drug-likeness (QED) is 0.797. The van der Waals surface area contributed by atoms with Gasteiger partial charge in [0.15, 0.2) is 0 Å².